The molecular formula is C34H46N2O3S. The first-order valence-corrected chi connectivity index (χ1v) is 16.5. The van der Waals surface area contributed by atoms with Gasteiger partial charge in [-0.15, -0.1) is 0 Å². The molecule has 4 aliphatic rings. The number of carbonyl (C=O) groups is 2. The number of hydrogen-bond donors (Lipinski definition) is 1. The maximum Gasteiger partial charge on any atom is 0.322 e. The molecule has 0 heterocycles. The van der Waals surface area contributed by atoms with E-state index in [1.807, 2.05) is 36.1 Å². The van der Waals surface area contributed by atoms with Crippen LogP contribution in [0.1, 0.15) is 97.3 Å². The normalized spacial score (nSPS) is 24.6. The maximum atomic E-state index is 14.0. The number of unbranched alkanes of at least 4 members (excludes halogenated alkanes) is 4. The van der Waals surface area contributed by atoms with E-state index in [-0.39, 0.29) is 17.5 Å². The lowest BCUT2D eigenvalue weighted by Gasteiger charge is -2.57. The van der Waals surface area contributed by atoms with E-state index in [0.717, 1.165) is 78.3 Å². The third kappa shape index (κ3) is 7.43. The van der Waals surface area contributed by atoms with Crippen LogP contribution in [0.5, 0.6) is 5.75 Å². The molecule has 4 aliphatic carbocycles. The smallest absolute Gasteiger partial charge is 0.322 e. The van der Waals surface area contributed by atoms with Gasteiger partial charge in [-0.1, -0.05) is 57.4 Å². The molecule has 2 aromatic rings. The second-order valence-electron chi connectivity index (χ2n) is 12.5. The molecule has 0 spiro atoms. The van der Waals surface area contributed by atoms with E-state index in [2.05, 4.69) is 36.5 Å². The lowest BCUT2D eigenvalue weighted by Crippen LogP contribution is -2.62. The summed E-state index contributed by atoms with van der Waals surface area (Å²) >= 11 is 1.66. The molecule has 0 atom stereocenters. The first-order valence-electron chi connectivity index (χ1n) is 15.6. The lowest BCUT2D eigenvalue weighted by molar-refractivity contribution is -0.134. The van der Waals surface area contributed by atoms with Crippen molar-refractivity contribution in [2.24, 2.45) is 17.8 Å². The predicted octanol–water partition coefficient (Wildman–Crippen LogP) is 9.00. The highest BCUT2D eigenvalue weighted by Gasteiger charge is 2.51. The Morgan fingerprint density at radius 2 is 1.55 bits per heavy atom. The van der Waals surface area contributed by atoms with E-state index < -0.39 is 0 Å². The first-order chi connectivity index (χ1) is 19.4. The number of esters is 1. The van der Waals surface area contributed by atoms with Crippen molar-refractivity contribution in [3.63, 3.8) is 0 Å². The van der Waals surface area contributed by atoms with Gasteiger partial charge in [-0.05, 0) is 112 Å². The van der Waals surface area contributed by atoms with Crippen LogP contribution in [0.4, 0.5) is 10.5 Å². The molecule has 1 N–H and O–H groups in total. The fraction of sp³-hybridized carbons (Fsp3) is 0.588. The highest BCUT2D eigenvalue weighted by atomic mass is 32.2. The van der Waals surface area contributed by atoms with Crippen molar-refractivity contribution in [2.75, 3.05) is 11.4 Å². The second kappa shape index (κ2) is 13.5. The summed E-state index contributed by atoms with van der Waals surface area (Å²) in [7, 11) is 0. The molecule has 0 unspecified atom stereocenters. The third-order valence-electron chi connectivity index (χ3n) is 9.02. The Kier molecular flexibility index (Phi) is 9.77. The number of rotatable bonds is 13. The van der Waals surface area contributed by atoms with Crippen molar-refractivity contribution < 1.29 is 14.3 Å². The zero-order valence-electron chi connectivity index (χ0n) is 24.3. The monoisotopic (exact) mass is 562 g/mol. The van der Waals surface area contributed by atoms with Crippen molar-refractivity contribution in [3.8, 4) is 5.75 Å². The number of hydrogen-bond acceptors (Lipinski definition) is 4. The van der Waals surface area contributed by atoms with Crippen LogP contribution in [0.2, 0.25) is 0 Å². The summed E-state index contributed by atoms with van der Waals surface area (Å²) in [5, 5.41) is 3.61. The fourth-order valence-corrected chi connectivity index (χ4v) is 8.46. The van der Waals surface area contributed by atoms with Gasteiger partial charge in [0.25, 0.3) is 0 Å². The number of urea groups is 1. The van der Waals surface area contributed by atoms with Gasteiger partial charge < -0.3 is 10.1 Å². The highest BCUT2D eigenvalue weighted by Crippen LogP contribution is 2.55. The molecular weight excluding hydrogens is 516 g/mol. The van der Waals surface area contributed by atoms with Crippen LogP contribution in [0.25, 0.3) is 0 Å². The Labute approximate surface area is 244 Å². The summed E-state index contributed by atoms with van der Waals surface area (Å²) in [6, 6.07) is 16.1. The van der Waals surface area contributed by atoms with Crippen molar-refractivity contribution in [2.45, 2.75) is 113 Å². The van der Waals surface area contributed by atoms with Crippen LogP contribution in [0.3, 0.4) is 0 Å². The lowest BCUT2D eigenvalue weighted by atomic mass is 9.53. The minimum Gasteiger partial charge on any atom is -0.427 e. The summed E-state index contributed by atoms with van der Waals surface area (Å²) in [5.41, 5.74) is 0.967. The number of nitrogens with one attached hydrogen (secondary N) is 1. The van der Waals surface area contributed by atoms with E-state index in [9.17, 15) is 9.59 Å². The summed E-state index contributed by atoms with van der Waals surface area (Å²) in [6.07, 6.45) is 14.7. The van der Waals surface area contributed by atoms with Gasteiger partial charge in [0.15, 0.2) is 0 Å². The average Bonchev–Trinajstić information content (AvgIpc) is 2.91. The van der Waals surface area contributed by atoms with E-state index in [4.69, 9.17) is 4.74 Å². The Morgan fingerprint density at radius 3 is 2.20 bits per heavy atom. The van der Waals surface area contributed by atoms with Gasteiger partial charge in [0.1, 0.15) is 5.75 Å². The molecule has 0 aromatic heterocycles. The van der Waals surface area contributed by atoms with Gasteiger partial charge in [0.05, 0.1) is 0 Å². The molecule has 216 valence electrons. The van der Waals surface area contributed by atoms with Gasteiger partial charge in [-0.25, -0.2) is 4.79 Å². The number of ether oxygens (including phenoxy) is 1. The van der Waals surface area contributed by atoms with Crippen molar-refractivity contribution >= 4 is 29.4 Å². The average molecular weight is 563 g/mol. The van der Waals surface area contributed by atoms with Crippen LogP contribution < -0.4 is 15.0 Å². The van der Waals surface area contributed by atoms with Crippen molar-refractivity contribution in [1.82, 2.24) is 5.32 Å². The topological polar surface area (TPSA) is 58.6 Å². The molecule has 2 amide bonds. The van der Waals surface area contributed by atoms with Crippen molar-refractivity contribution in [1.29, 1.82) is 0 Å². The Morgan fingerprint density at radius 1 is 0.875 bits per heavy atom. The minimum atomic E-state index is -0.197. The Balaban J connectivity index is 1.27. The van der Waals surface area contributed by atoms with Gasteiger partial charge >= 0.3 is 12.0 Å². The molecule has 4 bridgehead atoms. The Hall–Kier alpha value is -2.47. The van der Waals surface area contributed by atoms with Crippen LogP contribution >= 0.6 is 11.8 Å². The molecule has 0 aliphatic heterocycles. The molecule has 6 rings (SSSR count). The zero-order valence-corrected chi connectivity index (χ0v) is 25.1. The van der Waals surface area contributed by atoms with Crippen molar-refractivity contribution in [3.05, 3.63) is 48.5 Å². The molecule has 40 heavy (non-hydrogen) atoms. The standard InChI is InChI=1S/C34H46N2O3S/c1-3-5-6-7-8-17-36(33(38)35-34-22-25-18-26(23-34)20-27(19-25)24-34)28-11-9-12-31(21-28)40-30-15-13-29(14-16-30)39-32(37)10-4-2/h9,11-16,21,25-27H,3-8,10,17-20,22-24H2,1-2H3,(H,35,38). The minimum absolute atomic E-state index is 0.000975. The summed E-state index contributed by atoms with van der Waals surface area (Å²) < 4.78 is 5.40. The predicted molar refractivity (Wildman–Crippen MR) is 163 cm³/mol. The van der Waals surface area contributed by atoms with Gasteiger partial charge in [-0.2, -0.15) is 0 Å². The number of carbonyl (C=O) groups excluding carboxylic acids is 2. The van der Waals surface area contributed by atoms with Gasteiger partial charge in [0.2, 0.25) is 0 Å². The maximum absolute atomic E-state index is 14.0. The fourth-order valence-electron chi connectivity index (χ4n) is 7.59. The van der Waals surface area contributed by atoms with E-state index in [1.165, 1.54) is 38.5 Å². The van der Waals surface area contributed by atoms with Crippen LogP contribution in [-0.4, -0.2) is 24.1 Å². The van der Waals surface area contributed by atoms with E-state index in [1.54, 1.807) is 11.8 Å². The first kappa shape index (κ1) is 29.0. The van der Waals surface area contributed by atoms with Gasteiger partial charge in [-0.3, -0.25) is 9.69 Å². The number of benzene rings is 2. The van der Waals surface area contributed by atoms with Crippen LogP contribution in [0.15, 0.2) is 58.3 Å². The van der Waals surface area contributed by atoms with Crippen LogP contribution in [0, 0.1) is 17.8 Å². The highest BCUT2D eigenvalue weighted by molar-refractivity contribution is 7.99. The molecule has 4 saturated carbocycles. The molecule has 2 aromatic carbocycles. The number of nitrogens with zero attached hydrogens (tertiary/aromatic N) is 1. The quantitative estimate of drug-likeness (QED) is 0.150. The summed E-state index contributed by atoms with van der Waals surface area (Å²) in [4.78, 5) is 29.9. The van der Waals surface area contributed by atoms with E-state index >= 15 is 0 Å². The number of amides is 2. The molecule has 5 nitrogen and oxygen atoms in total. The Bertz CT molecular complexity index is 1110. The van der Waals surface area contributed by atoms with Crippen LogP contribution in [-0.2, 0) is 4.79 Å². The molecule has 6 heteroatoms. The number of anilines is 1. The second-order valence-corrected chi connectivity index (χ2v) is 13.6. The third-order valence-corrected chi connectivity index (χ3v) is 10.0. The molecule has 0 saturated heterocycles. The molecule has 0 radical (unpaired) electrons. The zero-order chi connectivity index (χ0) is 28.0. The van der Waals surface area contributed by atoms with E-state index in [0.29, 0.717) is 12.2 Å². The molecule has 4 fully saturated rings. The largest absolute Gasteiger partial charge is 0.427 e. The van der Waals surface area contributed by atoms with Gasteiger partial charge in [0, 0.05) is 34.0 Å². The summed E-state index contributed by atoms with van der Waals surface area (Å²) in [6.45, 7) is 4.95. The summed E-state index contributed by atoms with van der Waals surface area (Å²) in [5.74, 6) is 2.78. The SMILES string of the molecule is CCCCCCCN(C(=O)NC12CC3CC(CC(C3)C1)C2)c1cccc(Sc2ccc(OC(=O)CCC)cc2)c1.